The average molecular weight is 718 g/mol. The Kier molecular flexibility index (Phi) is 9.21. The van der Waals surface area contributed by atoms with Gasteiger partial charge in [0.25, 0.3) is 5.91 Å². The molecular formula is C38H44ClN3O7Si. The molecule has 4 heterocycles. The Morgan fingerprint density at radius 2 is 1.80 bits per heavy atom. The van der Waals surface area contributed by atoms with Gasteiger partial charge >= 0.3 is 6.09 Å². The number of cyclic esters (lactones) is 1. The Labute approximate surface area is 298 Å². The smallest absolute Gasteiger partial charge is 0.414 e. The summed E-state index contributed by atoms with van der Waals surface area (Å²) in [4.78, 5) is 46.3. The van der Waals surface area contributed by atoms with Crippen molar-refractivity contribution in [3.8, 4) is 5.75 Å². The van der Waals surface area contributed by atoms with Gasteiger partial charge in [0.05, 0.1) is 59.1 Å². The average Bonchev–Trinajstić information content (AvgIpc) is 3.88. The highest BCUT2D eigenvalue weighted by atomic mass is 35.5. The second-order valence-electron chi connectivity index (χ2n) is 14.4. The van der Waals surface area contributed by atoms with E-state index in [0.29, 0.717) is 30.3 Å². The van der Waals surface area contributed by atoms with Crippen LogP contribution in [0.3, 0.4) is 0 Å². The first-order valence-electron chi connectivity index (χ1n) is 17.4. The highest BCUT2D eigenvalue weighted by Crippen LogP contribution is 2.60. The number of anilines is 2. The van der Waals surface area contributed by atoms with Crippen molar-refractivity contribution in [1.29, 1.82) is 0 Å². The standard InChI is InChI=1S/C38H44ClN3O7Si/c1-24-35(50(3,4)30-14-12-29(47-2)13-15-30)33(21-34(44)40-17-5-6-28(40)23-43)49-38(24)31-20-26(39)9-16-32(31)42(36(38)45)22-25-7-10-27(11-8-25)41-18-19-48-37(41)46/h7-16,20,24,28,33,35,43H,5-6,17-19,21-23H2,1-4H3/t24-,28+,33+,35-,38+/m1/s1. The van der Waals surface area contributed by atoms with E-state index in [-0.39, 0.29) is 55.0 Å². The summed E-state index contributed by atoms with van der Waals surface area (Å²) in [5, 5.41) is 11.7. The van der Waals surface area contributed by atoms with Crippen LogP contribution in [0, 0.1) is 5.92 Å². The maximum atomic E-state index is 15.1. The molecule has 0 aliphatic carbocycles. The Morgan fingerprint density at radius 3 is 2.46 bits per heavy atom. The Morgan fingerprint density at radius 1 is 1.06 bits per heavy atom. The van der Waals surface area contributed by atoms with E-state index in [9.17, 15) is 14.7 Å². The zero-order chi connectivity index (χ0) is 35.4. The van der Waals surface area contributed by atoms with Gasteiger partial charge in [-0.15, -0.1) is 0 Å². The molecule has 3 aromatic rings. The van der Waals surface area contributed by atoms with Crippen LogP contribution < -0.4 is 19.7 Å². The molecule has 1 spiro atoms. The number of hydrogen-bond donors (Lipinski definition) is 1. The fourth-order valence-corrected chi connectivity index (χ4v) is 13.1. The first kappa shape index (κ1) is 34.5. The predicted octanol–water partition coefficient (Wildman–Crippen LogP) is 5.44. The minimum atomic E-state index is -2.47. The van der Waals surface area contributed by atoms with Gasteiger partial charge in [-0.25, -0.2) is 4.79 Å². The summed E-state index contributed by atoms with van der Waals surface area (Å²) in [5.41, 5.74) is 1.60. The zero-order valence-corrected chi connectivity index (χ0v) is 30.7. The van der Waals surface area contributed by atoms with Crippen molar-refractivity contribution < 1.29 is 33.7 Å². The van der Waals surface area contributed by atoms with E-state index in [0.717, 1.165) is 35.5 Å². The molecule has 0 radical (unpaired) electrons. The molecule has 4 aliphatic heterocycles. The second-order valence-corrected chi connectivity index (χ2v) is 19.5. The van der Waals surface area contributed by atoms with Gasteiger partial charge in [-0.3, -0.25) is 14.5 Å². The number of methoxy groups -OCH3 is 1. The van der Waals surface area contributed by atoms with Gasteiger partial charge in [-0.05, 0) is 66.4 Å². The summed E-state index contributed by atoms with van der Waals surface area (Å²) in [5.74, 6) is 0.231. The first-order chi connectivity index (χ1) is 24.0. The number of amides is 3. The summed E-state index contributed by atoms with van der Waals surface area (Å²) < 4.78 is 17.7. The van der Waals surface area contributed by atoms with E-state index in [1.165, 1.54) is 5.19 Å². The molecule has 1 N–H and O–H groups in total. The van der Waals surface area contributed by atoms with Gasteiger partial charge < -0.3 is 29.1 Å². The molecule has 10 nitrogen and oxygen atoms in total. The summed E-state index contributed by atoms with van der Waals surface area (Å²) in [6.07, 6.45) is 0.820. The van der Waals surface area contributed by atoms with Gasteiger partial charge in [0.2, 0.25) is 5.91 Å². The van der Waals surface area contributed by atoms with Gasteiger partial charge in [0.1, 0.15) is 12.4 Å². The maximum absolute atomic E-state index is 15.1. The van der Waals surface area contributed by atoms with Crippen LogP contribution in [0.5, 0.6) is 5.75 Å². The van der Waals surface area contributed by atoms with Gasteiger partial charge in [-0.1, -0.05) is 61.1 Å². The van der Waals surface area contributed by atoms with E-state index in [1.807, 2.05) is 48.5 Å². The van der Waals surface area contributed by atoms with E-state index in [4.69, 9.17) is 25.8 Å². The van der Waals surface area contributed by atoms with Crippen LogP contribution in [-0.2, 0) is 31.2 Å². The van der Waals surface area contributed by atoms with Crippen molar-refractivity contribution in [3.05, 3.63) is 82.9 Å². The van der Waals surface area contributed by atoms with Crippen LogP contribution in [-0.4, -0.2) is 81.5 Å². The molecule has 3 aromatic carbocycles. The van der Waals surface area contributed by atoms with Crippen LogP contribution in [0.1, 0.15) is 37.3 Å². The molecular weight excluding hydrogens is 674 g/mol. The Bertz CT molecular complexity index is 1790. The molecule has 4 aliphatic rings. The molecule has 5 atom stereocenters. The number of halogens is 1. The Balaban J connectivity index is 1.26. The molecule has 0 saturated carbocycles. The fourth-order valence-electron chi connectivity index (χ4n) is 8.88. The first-order valence-corrected chi connectivity index (χ1v) is 20.8. The number of hydrogen-bond acceptors (Lipinski definition) is 7. The maximum Gasteiger partial charge on any atom is 0.414 e. The summed E-state index contributed by atoms with van der Waals surface area (Å²) >= 11 is 6.65. The van der Waals surface area contributed by atoms with E-state index in [2.05, 4.69) is 32.2 Å². The normalized spacial score (nSPS) is 26.2. The molecule has 3 fully saturated rings. The van der Waals surface area contributed by atoms with Crippen molar-refractivity contribution in [2.45, 2.75) is 69.1 Å². The highest BCUT2D eigenvalue weighted by Gasteiger charge is 2.66. The van der Waals surface area contributed by atoms with Crippen LogP contribution >= 0.6 is 11.6 Å². The summed E-state index contributed by atoms with van der Waals surface area (Å²) in [7, 11) is -0.821. The molecule has 50 heavy (non-hydrogen) atoms. The van der Waals surface area contributed by atoms with Crippen LogP contribution in [0.15, 0.2) is 66.7 Å². The summed E-state index contributed by atoms with van der Waals surface area (Å²) in [6.45, 7) is 8.33. The number of rotatable bonds is 9. The minimum absolute atomic E-state index is 0.0593. The third-order valence-corrected chi connectivity index (χ3v) is 16.0. The quantitative estimate of drug-likeness (QED) is 0.294. The Hall–Kier alpha value is -3.90. The van der Waals surface area contributed by atoms with E-state index < -0.39 is 19.8 Å². The van der Waals surface area contributed by atoms with Crippen LogP contribution in [0.2, 0.25) is 23.7 Å². The zero-order valence-electron chi connectivity index (χ0n) is 28.9. The minimum Gasteiger partial charge on any atom is -0.497 e. The number of aliphatic hydroxyl groups excluding tert-OH is 1. The predicted molar refractivity (Wildman–Crippen MR) is 194 cm³/mol. The number of carbonyl (C=O) groups is 3. The van der Waals surface area contributed by atoms with Gasteiger partial charge in [0, 0.05) is 28.7 Å². The number of likely N-dealkylation sites (tertiary alicyclic amines) is 1. The van der Waals surface area contributed by atoms with E-state index in [1.54, 1.807) is 27.9 Å². The summed E-state index contributed by atoms with van der Waals surface area (Å²) in [6, 6.07) is 21.0. The lowest BCUT2D eigenvalue weighted by molar-refractivity contribution is -0.150. The lowest BCUT2D eigenvalue weighted by atomic mass is 9.82. The number of carbonyl (C=O) groups excluding carboxylic acids is 3. The van der Waals surface area contributed by atoms with Crippen molar-refractivity contribution >= 4 is 54.1 Å². The molecule has 0 aromatic heterocycles. The molecule has 7 rings (SSSR count). The molecule has 264 valence electrons. The second kappa shape index (κ2) is 13.3. The van der Waals surface area contributed by atoms with Crippen LogP contribution in [0.25, 0.3) is 0 Å². The third kappa shape index (κ3) is 5.68. The molecule has 0 bridgehead atoms. The van der Waals surface area contributed by atoms with Crippen molar-refractivity contribution in [2.75, 3.05) is 43.2 Å². The van der Waals surface area contributed by atoms with Gasteiger partial charge in [0.15, 0.2) is 5.60 Å². The fraction of sp³-hybridized carbons (Fsp3) is 0.447. The SMILES string of the molecule is COc1ccc([Si](C)(C)[C@H]2[C@H](CC(=O)N3CCC[C@H]3CO)O[C@@]3(C(=O)N(Cc4ccc(N5CCOC5=O)cc4)c4ccc(Cl)cc43)[C@@H]2C)cc1. The monoisotopic (exact) mass is 717 g/mol. The molecule has 3 saturated heterocycles. The van der Waals surface area contributed by atoms with Crippen molar-refractivity contribution in [2.24, 2.45) is 5.92 Å². The number of fused-ring (bicyclic) bond motifs is 2. The third-order valence-electron chi connectivity index (χ3n) is 11.4. The highest BCUT2D eigenvalue weighted by molar-refractivity contribution is 6.91. The number of aliphatic hydroxyl groups is 1. The topological polar surface area (TPSA) is 109 Å². The molecule has 3 amide bonds. The number of benzene rings is 3. The largest absolute Gasteiger partial charge is 0.497 e. The molecule has 12 heteroatoms. The van der Waals surface area contributed by atoms with Crippen LogP contribution in [0.4, 0.5) is 16.2 Å². The van der Waals surface area contributed by atoms with Crippen molar-refractivity contribution in [1.82, 2.24) is 4.90 Å². The number of nitrogens with zero attached hydrogens (tertiary/aromatic N) is 3. The lowest BCUT2D eigenvalue weighted by Crippen LogP contribution is -2.52. The molecule has 0 unspecified atom stereocenters. The van der Waals surface area contributed by atoms with E-state index >= 15 is 4.79 Å². The lowest BCUT2D eigenvalue weighted by Gasteiger charge is -2.37. The number of ether oxygens (including phenoxy) is 3. The van der Waals surface area contributed by atoms with Gasteiger partial charge in [-0.2, -0.15) is 0 Å². The van der Waals surface area contributed by atoms with Crippen molar-refractivity contribution in [3.63, 3.8) is 0 Å².